The van der Waals surface area contributed by atoms with Gasteiger partial charge in [0.1, 0.15) is 23.9 Å². The number of hydrogen-bond donors (Lipinski definition) is 3. The molecule has 32 heavy (non-hydrogen) atoms. The van der Waals surface area contributed by atoms with Crippen LogP contribution in [0.3, 0.4) is 0 Å². The van der Waals surface area contributed by atoms with E-state index in [0.29, 0.717) is 21.3 Å². The molecule has 0 atom stereocenters. The Morgan fingerprint density at radius 2 is 1.78 bits per heavy atom. The standard InChI is InChI=1S/C22H16BrF3N2O4/c23-17-4-5-20(32-12-13-2-1-3-16(6-13)22(24,25)26)15(7-17)11-27-28-21(31)14-8-18(29)10-19(30)9-14/h1-11,29-30H,12H2,(H,28,31)/b27-11+. The quantitative estimate of drug-likeness (QED) is 0.314. The Morgan fingerprint density at radius 3 is 2.47 bits per heavy atom. The van der Waals surface area contributed by atoms with Gasteiger partial charge in [-0.25, -0.2) is 5.43 Å². The number of ether oxygens (including phenoxy) is 1. The van der Waals surface area contributed by atoms with Crippen molar-refractivity contribution in [2.24, 2.45) is 5.10 Å². The molecule has 0 fully saturated rings. The molecule has 3 rings (SSSR count). The number of aromatic hydroxyl groups is 2. The third kappa shape index (κ3) is 6.24. The van der Waals surface area contributed by atoms with E-state index in [9.17, 15) is 28.2 Å². The minimum atomic E-state index is -4.45. The molecule has 10 heteroatoms. The lowest BCUT2D eigenvalue weighted by Crippen LogP contribution is -2.17. The van der Waals surface area contributed by atoms with Crippen LogP contribution in [0.15, 0.2) is 70.2 Å². The van der Waals surface area contributed by atoms with Crippen LogP contribution in [0, 0.1) is 0 Å². The van der Waals surface area contributed by atoms with Crippen molar-refractivity contribution in [3.8, 4) is 17.2 Å². The van der Waals surface area contributed by atoms with Crippen molar-refractivity contribution in [2.45, 2.75) is 12.8 Å². The first-order chi connectivity index (χ1) is 15.1. The Kier molecular flexibility index (Phi) is 7.04. The number of nitrogens with one attached hydrogen (secondary N) is 1. The molecule has 3 aromatic rings. The number of hydrazone groups is 1. The van der Waals surface area contributed by atoms with Gasteiger partial charge in [0.05, 0.1) is 11.8 Å². The van der Waals surface area contributed by atoms with Gasteiger partial charge in [-0.3, -0.25) is 4.79 Å². The van der Waals surface area contributed by atoms with E-state index < -0.39 is 17.6 Å². The normalized spacial score (nSPS) is 11.5. The maximum atomic E-state index is 12.9. The predicted molar refractivity (Wildman–Crippen MR) is 115 cm³/mol. The molecule has 0 bridgehead atoms. The third-order valence-electron chi connectivity index (χ3n) is 4.15. The fourth-order valence-corrected chi connectivity index (χ4v) is 3.08. The molecule has 166 valence electrons. The molecule has 0 unspecified atom stereocenters. The van der Waals surface area contributed by atoms with E-state index in [4.69, 9.17) is 4.74 Å². The first-order valence-electron chi connectivity index (χ1n) is 9.07. The highest BCUT2D eigenvalue weighted by Crippen LogP contribution is 2.30. The third-order valence-corrected chi connectivity index (χ3v) is 4.65. The zero-order chi connectivity index (χ0) is 23.3. The van der Waals surface area contributed by atoms with Crippen LogP contribution in [0.4, 0.5) is 13.2 Å². The van der Waals surface area contributed by atoms with Crippen LogP contribution in [0.1, 0.15) is 27.0 Å². The molecule has 0 heterocycles. The van der Waals surface area contributed by atoms with Gasteiger partial charge in [0.25, 0.3) is 5.91 Å². The second-order valence-electron chi connectivity index (χ2n) is 6.61. The number of nitrogens with zero attached hydrogens (tertiary/aromatic N) is 1. The smallest absolute Gasteiger partial charge is 0.416 e. The summed E-state index contributed by atoms with van der Waals surface area (Å²) in [6.07, 6.45) is -3.15. The molecule has 0 saturated carbocycles. The van der Waals surface area contributed by atoms with Crippen molar-refractivity contribution in [1.82, 2.24) is 5.43 Å². The molecule has 6 nitrogen and oxygen atoms in total. The average molecular weight is 509 g/mol. The number of rotatable bonds is 6. The van der Waals surface area contributed by atoms with Gasteiger partial charge in [-0.15, -0.1) is 0 Å². The highest BCUT2D eigenvalue weighted by Gasteiger charge is 2.30. The molecule has 0 aliphatic carbocycles. The van der Waals surface area contributed by atoms with E-state index in [2.05, 4.69) is 26.5 Å². The number of carbonyl (C=O) groups excluding carboxylic acids is 1. The minimum absolute atomic E-state index is 0.00471. The minimum Gasteiger partial charge on any atom is -0.508 e. The van der Waals surface area contributed by atoms with Crippen molar-refractivity contribution in [2.75, 3.05) is 0 Å². The molecule has 0 saturated heterocycles. The van der Waals surface area contributed by atoms with E-state index in [1.807, 2.05) is 0 Å². The van der Waals surface area contributed by atoms with Gasteiger partial charge >= 0.3 is 6.18 Å². The van der Waals surface area contributed by atoms with Crippen LogP contribution < -0.4 is 10.2 Å². The van der Waals surface area contributed by atoms with Crippen LogP contribution in [-0.2, 0) is 12.8 Å². The fraction of sp³-hybridized carbons (Fsp3) is 0.0909. The number of amides is 1. The first-order valence-corrected chi connectivity index (χ1v) is 9.86. The number of benzene rings is 3. The zero-order valence-corrected chi connectivity index (χ0v) is 17.8. The average Bonchev–Trinajstić information content (AvgIpc) is 2.72. The largest absolute Gasteiger partial charge is 0.508 e. The van der Waals surface area contributed by atoms with Crippen LogP contribution in [0.25, 0.3) is 0 Å². The summed E-state index contributed by atoms with van der Waals surface area (Å²) in [5.74, 6) is -0.903. The molecule has 1 amide bonds. The van der Waals surface area contributed by atoms with E-state index >= 15 is 0 Å². The Labute approximate surface area is 189 Å². The van der Waals surface area contributed by atoms with Gasteiger partial charge in [0.2, 0.25) is 0 Å². The molecular weight excluding hydrogens is 493 g/mol. The molecule has 3 N–H and O–H groups in total. The second-order valence-corrected chi connectivity index (χ2v) is 7.52. The lowest BCUT2D eigenvalue weighted by molar-refractivity contribution is -0.137. The first kappa shape index (κ1) is 23.1. The highest BCUT2D eigenvalue weighted by atomic mass is 79.9. The van der Waals surface area contributed by atoms with Gasteiger partial charge in [-0.05, 0) is 48.0 Å². The SMILES string of the molecule is O=C(N/N=C/c1cc(Br)ccc1OCc1cccc(C(F)(F)F)c1)c1cc(O)cc(O)c1. The maximum Gasteiger partial charge on any atom is 0.416 e. The van der Waals surface area contributed by atoms with E-state index in [1.165, 1.54) is 18.3 Å². The molecule has 0 aromatic heterocycles. The Hall–Kier alpha value is -3.53. The van der Waals surface area contributed by atoms with Crippen molar-refractivity contribution < 1.29 is 32.9 Å². The van der Waals surface area contributed by atoms with Crippen LogP contribution >= 0.6 is 15.9 Å². The van der Waals surface area contributed by atoms with Crippen molar-refractivity contribution >= 4 is 28.1 Å². The van der Waals surface area contributed by atoms with Crippen LogP contribution in [-0.4, -0.2) is 22.3 Å². The van der Waals surface area contributed by atoms with E-state index in [-0.39, 0.29) is 23.7 Å². The lowest BCUT2D eigenvalue weighted by atomic mass is 10.1. The van der Waals surface area contributed by atoms with Gasteiger partial charge in [0, 0.05) is 21.7 Å². The Balaban J connectivity index is 1.72. The number of phenols is 2. The van der Waals surface area contributed by atoms with E-state index in [0.717, 1.165) is 30.3 Å². The monoisotopic (exact) mass is 508 g/mol. The van der Waals surface area contributed by atoms with Crippen molar-refractivity contribution in [3.05, 3.63) is 87.4 Å². The maximum absolute atomic E-state index is 12.9. The Morgan fingerprint density at radius 1 is 1.06 bits per heavy atom. The molecule has 0 spiro atoms. The fourth-order valence-electron chi connectivity index (χ4n) is 2.70. The number of alkyl halides is 3. The summed E-state index contributed by atoms with van der Waals surface area (Å²) in [5.41, 5.74) is 2.27. The van der Waals surface area contributed by atoms with Crippen molar-refractivity contribution in [3.63, 3.8) is 0 Å². The number of carbonyl (C=O) groups is 1. The molecule has 3 aromatic carbocycles. The van der Waals surface area contributed by atoms with Crippen LogP contribution in [0.5, 0.6) is 17.2 Å². The summed E-state index contributed by atoms with van der Waals surface area (Å²) in [7, 11) is 0. The molecule has 0 radical (unpaired) electrons. The lowest BCUT2D eigenvalue weighted by Gasteiger charge is -2.12. The second kappa shape index (κ2) is 9.73. The number of hydrogen-bond acceptors (Lipinski definition) is 5. The summed E-state index contributed by atoms with van der Waals surface area (Å²) in [6.45, 7) is -0.110. The molecule has 0 aliphatic rings. The Bertz CT molecular complexity index is 1150. The highest BCUT2D eigenvalue weighted by molar-refractivity contribution is 9.10. The number of phenolic OH excluding ortho intramolecular Hbond substituents is 2. The summed E-state index contributed by atoms with van der Waals surface area (Å²) >= 11 is 3.31. The number of halogens is 4. The topological polar surface area (TPSA) is 91.2 Å². The molecular formula is C22H16BrF3N2O4. The van der Waals surface area contributed by atoms with Crippen LogP contribution in [0.2, 0.25) is 0 Å². The summed E-state index contributed by atoms with van der Waals surface area (Å²) in [6, 6.07) is 13.2. The zero-order valence-electron chi connectivity index (χ0n) is 16.2. The molecule has 0 aliphatic heterocycles. The summed E-state index contributed by atoms with van der Waals surface area (Å²) < 4.78 is 45.0. The van der Waals surface area contributed by atoms with Gasteiger partial charge in [-0.2, -0.15) is 18.3 Å². The van der Waals surface area contributed by atoms with Gasteiger partial charge < -0.3 is 14.9 Å². The summed E-state index contributed by atoms with van der Waals surface area (Å²) in [5, 5.41) is 22.8. The predicted octanol–water partition coefficient (Wildman–Crippen LogP) is 5.22. The van der Waals surface area contributed by atoms with Gasteiger partial charge in [0.15, 0.2) is 0 Å². The van der Waals surface area contributed by atoms with E-state index in [1.54, 1.807) is 18.2 Å². The van der Waals surface area contributed by atoms with Crippen molar-refractivity contribution in [1.29, 1.82) is 0 Å². The summed E-state index contributed by atoms with van der Waals surface area (Å²) in [4.78, 5) is 12.1. The van der Waals surface area contributed by atoms with Gasteiger partial charge in [-0.1, -0.05) is 28.1 Å².